The van der Waals surface area contributed by atoms with E-state index in [1.165, 1.54) is 0 Å². The van der Waals surface area contributed by atoms with Crippen LogP contribution in [0.15, 0.2) is 69.6 Å². The van der Waals surface area contributed by atoms with Gasteiger partial charge in [0.1, 0.15) is 5.82 Å². The molecule has 2 N–H and O–H groups in total. The molecule has 31 heavy (non-hydrogen) atoms. The first-order valence-corrected chi connectivity index (χ1v) is 11.2. The third-order valence-corrected chi connectivity index (χ3v) is 6.37. The van der Waals surface area contributed by atoms with Crippen LogP contribution < -0.4 is 10.6 Å². The van der Waals surface area contributed by atoms with Gasteiger partial charge in [0.2, 0.25) is 0 Å². The number of Topliss-reactive ketones (excluding diaryl/α,β-unsaturated/α-hetero) is 1. The summed E-state index contributed by atoms with van der Waals surface area (Å²) in [6, 6.07) is 11.5. The van der Waals surface area contributed by atoms with E-state index in [1.807, 2.05) is 44.2 Å². The molecule has 0 saturated carbocycles. The zero-order valence-electron chi connectivity index (χ0n) is 18.2. The Morgan fingerprint density at radius 2 is 1.84 bits per heavy atom. The van der Waals surface area contributed by atoms with Crippen molar-refractivity contribution in [3.8, 4) is 0 Å². The van der Waals surface area contributed by atoms with Crippen molar-refractivity contribution >= 4 is 33.4 Å². The van der Waals surface area contributed by atoms with Crippen molar-refractivity contribution < 1.29 is 9.59 Å². The molecule has 0 fully saturated rings. The van der Waals surface area contributed by atoms with Gasteiger partial charge in [0, 0.05) is 45.5 Å². The molecule has 0 saturated heterocycles. The SMILES string of the molecule is CC1=C(C(=O)Nc2ccc(C)cn2)[C@H](c2ccc(Br)cc2)C2=C(CC(C)(C)CC2=O)N1. The number of anilines is 1. The van der Waals surface area contributed by atoms with E-state index in [0.29, 0.717) is 23.4 Å². The molecule has 2 aromatic rings. The Labute approximate surface area is 191 Å². The molecule has 2 heterocycles. The topological polar surface area (TPSA) is 71.1 Å². The van der Waals surface area contributed by atoms with Crippen molar-refractivity contribution in [1.82, 2.24) is 10.3 Å². The number of amides is 1. The maximum atomic E-state index is 13.4. The Balaban J connectivity index is 1.79. The number of ketones is 1. The third-order valence-electron chi connectivity index (χ3n) is 5.84. The maximum Gasteiger partial charge on any atom is 0.255 e. The molecule has 1 amide bonds. The standard InChI is InChI=1S/C25H26BrN3O2/c1-14-5-10-20(27-13-14)29-24(31)21-15(2)28-18-11-25(3,4)12-19(30)23(18)22(21)16-6-8-17(26)9-7-16/h5-10,13,22,28H,11-12H2,1-4H3,(H,27,29,31)/t22-/m0/s1. The summed E-state index contributed by atoms with van der Waals surface area (Å²) in [5.74, 6) is -0.0869. The number of carbonyl (C=O) groups excluding carboxylic acids is 2. The lowest BCUT2D eigenvalue weighted by atomic mass is 9.68. The third kappa shape index (κ3) is 4.35. The highest BCUT2D eigenvalue weighted by molar-refractivity contribution is 9.10. The zero-order valence-corrected chi connectivity index (χ0v) is 19.8. The second-order valence-electron chi connectivity index (χ2n) is 9.16. The minimum absolute atomic E-state index is 0.0953. The molecule has 5 nitrogen and oxygen atoms in total. The van der Waals surface area contributed by atoms with Crippen molar-refractivity contribution in [2.24, 2.45) is 5.41 Å². The Morgan fingerprint density at radius 1 is 1.13 bits per heavy atom. The van der Waals surface area contributed by atoms with Gasteiger partial charge in [-0.2, -0.15) is 0 Å². The molecule has 1 aromatic carbocycles. The van der Waals surface area contributed by atoms with Gasteiger partial charge in [-0.25, -0.2) is 4.98 Å². The molecule has 1 aromatic heterocycles. The molecule has 0 unspecified atom stereocenters. The van der Waals surface area contributed by atoms with Gasteiger partial charge in [0.15, 0.2) is 5.78 Å². The van der Waals surface area contributed by atoms with E-state index < -0.39 is 5.92 Å². The van der Waals surface area contributed by atoms with Gasteiger partial charge < -0.3 is 10.6 Å². The van der Waals surface area contributed by atoms with Crippen LogP contribution in [0.4, 0.5) is 5.82 Å². The molecular formula is C25H26BrN3O2. The molecule has 1 aliphatic carbocycles. The predicted molar refractivity (Wildman–Crippen MR) is 125 cm³/mol. The summed E-state index contributed by atoms with van der Waals surface area (Å²) in [6.07, 6.45) is 2.95. The smallest absolute Gasteiger partial charge is 0.255 e. The second-order valence-corrected chi connectivity index (χ2v) is 10.1. The second kappa shape index (κ2) is 8.08. The number of benzene rings is 1. The predicted octanol–water partition coefficient (Wildman–Crippen LogP) is 5.40. The number of hydrogen-bond donors (Lipinski definition) is 2. The van der Waals surface area contributed by atoms with Crippen LogP contribution in [0.2, 0.25) is 0 Å². The fraction of sp³-hybridized carbons (Fsp3) is 0.320. The van der Waals surface area contributed by atoms with Crippen LogP contribution in [0.25, 0.3) is 0 Å². The van der Waals surface area contributed by atoms with Crippen LogP contribution in [0.1, 0.15) is 50.7 Å². The number of pyridine rings is 1. The summed E-state index contributed by atoms with van der Waals surface area (Å²) in [7, 11) is 0. The number of halogens is 1. The Hall–Kier alpha value is -2.73. The fourth-order valence-electron chi connectivity index (χ4n) is 4.45. The lowest BCUT2D eigenvalue weighted by molar-refractivity contribution is -0.118. The van der Waals surface area contributed by atoms with Crippen LogP contribution in [-0.2, 0) is 9.59 Å². The zero-order chi connectivity index (χ0) is 22.3. The number of nitrogens with one attached hydrogen (secondary N) is 2. The minimum atomic E-state index is -0.418. The van der Waals surface area contributed by atoms with E-state index in [0.717, 1.165) is 33.4 Å². The van der Waals surface area contributed by atoms with Crippen molar-refractivity contribution in [1.29, 1.82) is 0 Å². The number of nitrogens with zero attached hydrogens (tertiary/aromatic N) is 1. The first-order valence-electron chi connectivity index (χ1n) is 10.4. The van der Waals surface area contributed by atoms with E-state index in [4.69, 9.17) is 0 Å². The summed E-state index contributed by atoms with van der Waals surface area (Å²) in [5, 5.41) is 6.31. The first kappa shape index (κ1) is 21.5. The molecule has 160 valence electrons. The number of allylic oxidation sites excluding steroid dienone is 3. The van der Waals surface area contributed by atoms with Gasteiger partial charge in [0.25, 0.3) is 5.91 Å². The summed E-state index contributed by atoms with van der Waals surface area (Å²) >= 11 is 3.48. The molecule has 0 bridgehead atoms. The van der Waals surface area contributed by atoms with Crippen molar-refractivity contribution in [3.05, 3.63) is 80.7 Å². The molecule has 0 spiro atoms. The minimum Gasteiger partial charge on any atom is -0.362 e. The van der Waals surface area contributed by atoms with Crippen LogP contribution in [-0.4, -0.2) is 16.7 Å². The number of dihydropyridines is 1. The normalized spacial score (nSPS) is 20.3. The number of carbonyl (C=O) groups is 2. The highest BCUT2D eigenvalue weighted by Gasteiger charge is 2.42. The number of hydrogen-bond acceptors (Lipinski definition) is 4. The Morgan fingerprint density at radius 3 is 2.48 bits per heavy atom. The van der Waals surface area contributed by atoms with Gasteiger partial charge in [-0.3, -0.25) is 9.59 Å². The molecule has 0 radical (unpaired) electrons. The van der Waals surface area contributed by atoms with E-state index in [-0.39, 0.29) is 17.1 Å². The average Bonchev–Trinajstić information content (AvgIpc) is 2.68. The molecule has 2 aliphatic rings. The lowest BCUT2D eigenvalue weighted by Gasteiger charge is -2.39. The van der Waals surface area contributed by atoms with Gasteiger partial charge in [-0.1, -0.05) is 48.0 Å². The molecule has 1 atom stereocenters. The molecule has 4 rings (SSSR count). The van der Waals surface area contributed by atoms with Crippen molar-refractivity contribution in [2.75, 3.05) is 5.32 Å². The maximum absolute atomic E-state index is 13.4. The molecule has 6 heteroatoms. The summed E-state index contributed by atoms with van der Waals surface area (Å²) in [5.41, 5.74) is 4.78. The monoisotopic (exact) mass is 479 g/mol. The highest BCUT2D eigenvalue weighted by atomic mass is 79.9. The largest absolute Gasteiger partial charge is 0.362 e. The molecule has 1 aliphatic heterocycles. The van der Waals surface area contributed by atoms with Gasteiger partial charge in [-0.15, -0.1) is 0 Å². The first-order chi connectivity index (χ1) is 14.6. The summed E-state index contributed by atoms with van der Waals surface area (Å²) < 4.78 is 0.950. The van der Waals surface area contributed by atoms with E-state index in [1.54, 1.807) is 12.3 Å². The molecular weight excluding hydrogens is 454 g/mol. The van der Waals surface area contributed by atoms with Gasteiger partial charge >= 0.3 is 0 Å². The number of rotatable bonds is 3. The fourth-order valence-corrected chi connectivity index (χ4v) is 4.72. The van der Waals surface area contributed by atoms with Crippen LogP contribution in [0.3, 0.4) is 0 Å². The Bertz CT molecular complexity index is 1110. The number of aromatic nitrogens is 1. The van der Waals surface area contributed by atoms with E-state index in [9.17, 15) is 9.59 Å². The van der Waals surface area contributed by atoms with E-state index in [2.05, 4.69) is 45.4 Å². The summed E-state index contributed by atoms with van der Waals surface area (Å²) in [6.45, 7) is 8.06. The van der Waals surface area contributed by atoms with Gasteiger partial charge in [0.05, 0.1) is 0 Å². The Kier molecular flexibility index (Phi) is 5.60. The van der Waals surface area contributed by atoms with E-state index >= 15 is 0 Å². The van der Waals surface area contributed by atoms with Crippen LogP contribution in [0, 0.1) is 12.3 Å². The highest BCUT2D eigenvalue weighted by Crippen LogP contribution is 2.46. The van der Waals surface area contributed by atoms with Crippen molar-refractivity contribution in [3.63, 3.8) is 0 Å². The lowest BCUT2D eigenvalue weighted by Crippen LogP contribution is -2.39. The summed E-state index contributed by atoms with van der Waals surface area (Å²) in [4.78, 5) is 31.0. The van der Waals surface area contributed by atoms with Crippen molar-refractivity contribution in [2.45, 2.75) is 46.5 Å². The van der Waals surface area contributed by atoms with Crippen LogP contribution in [0.5, 0.6) is 0 Å². The average molecular weight is 480 g/mol. The van der Waals surface area contributed by atoms with Crippen LogP contribution >= 0.6 is 15.9 Å². The quantitative estimate of drug-likeness (QED) is 0.618. The number of aryl methyl sites for hydroxylation is 1. The van der Waals surface area contributed by atoms with Gasteiger partial charge in [-0.05, 0) is 55.0 Å².